The van der Waals surface area contributed by atoms with Gasteiger partial charge in [-0.25, -0.2) is 0 Å². The third kappa shape index (κ3) is 5.41. The predicted octanol–water partition coefficient (Wildman–Crippen LogP) is 4.07. The Morgan fingerprint density at radius 1 is 1.20 bits per heavy atom. The van der Waals surface area contributed by atoms with E-state index in [1.165, 1.54) is 24.8 Å². The van der Waals surface area contributed by atoms with Crippen LogP contribution in [0.3, 0.4) is 0 Å². The van der Waals surface area contributed by atoms with E-state index >= 15 is 0 Å². The molecule has 0 radical (unpaired) electrons. The van der Waals surface area contributed by atoms with Crippen LogP contribution >= 0.6 is 0 Å². The fraction of sp³-hybridized carbons (Fsp3) is 0.647. The fourth-order valence-corrected chi connectivity index (χ4v) is 2.32. The summed E-state index contributed by atoms with van der Waals surface area (Å²) < 4.78 is 5.72. The summed E-state index contributed by atoms with van der Waals surface area (Å²) in [5, 5.41) is 0. The molecule has 0 aromatic heterocycles. The van der Waals surface area contributed by atoms with Crippen molar-refractivity contribution in [3.8, 4) is 5.75 Å². The largest absolute Gasteiger partial charge is 0.494 e. The lowest BCUT2D eigenvalue weighted by molar-refractivity contribution is 0.204. The summed E-state index contributed by atoms with van der Waals surface area (Å²) in [5.41, 5.74) is 7.92. The van der Waals surface area contributed by atoms with Crippen molar-refractivity contribution >= 4 is 5.69 Å². The van der Waals surface area contributed by atoms with E-state index in [1.807, 2.05) is 25.1 Å². The number of unbranched alkanes of at least 4 members (excludes halogenated alkanes) is 2. The molecule has 3 nitrogen and oxygen atoms in total. The minimum atomic E-state index is 0.530. The Labute approximate surface area is 124 Å². The van der Waals surface area contributed by atoms with Gasteiger partial charge in [0.1, 0.15) is 5.75 Å². The van der Waals surface area contributed by atoms with Crippen LogP contribution in [-0.2, 0) is 6.54 Å². The second kappa shape index (κ2) is 8.85. The molecule has 0 amide bonds. The summed E-state index contributed by atoms with van der Waals surface area (Å²) in [6, 6.07) is 6.47. The highest BCUT2D eigenvalue weighted by Gasteiger charge is 2.13. The van der Waals surface area contributed by atoms with Gasteiger partial charge in [-0.05, 0) is 51.9 Å². The maximum Gasteiger partial charge on any atom is 0.123 e. The van der Waals surface area contributed by atoms with Gasteiger partial charge in [-0.1, -0.05) is 19.8 Å². The molecule has 0 saturated heterocycles. The van der Waals surface area contributed by atoms with E-state index < -0.39 is 0 Å². The second-order valence-electron chi connectivity index (χ2n) is 5.57. The first kappa shape index (κ1) is 16.8. The monoisotopic (exact) mass is 278 g/mol. The van der Waals surface area contributed by atoms with Gasteiger partial charge in [0.25, 0.3) is 0 Å². The molecule has 0 aliphatic carbocycles. The Bertz CT molecular complexity index is 391. The Kier molecular flexibility index (Phi) is 7.45. The number of nitrogens with zero attached hydrogens (tertiary/aromatic N) is 1. The highest BCUT2D eigenvalue weighted by atomic mass is 16.5. The van der Waals surface area contributed by atoms with E-state index in [4.69, 9.17) is 10.5 Å². The van der Waals surface area contributed by atoms with Gasteiger partial charge >= 0.3 is 0 Å². The summed E-state index contributed by atoms with van der Waals surface area (Å²) in [6.07, 6.45) is 3.80. The molecule has 0 fully saturated rings. The lowest BCUT2D eigenvalue weighted by Gasteiger charge is -2.27. The molecule has 0 aliphatic heterocycles. The van der Waals surface area contributed by atoms with E-state index in [1.54, 1.807) is 0 Å². The molecule has 114 valence electrons. The van der Waals surface area contributed by atoms with E-state index in [0.717, 1.165) is 24.5 Å². The van der Waals surface area contributed by atoms with Crippen LogP contribution in [0.15, 0.2) is 18.2 Å². The summed E-state index contributed by atoms with van der Waals surface area (Å²) in [4.78, 5) is 2.49. The van der Waals surface area contributed by atoms with Gasteiger partial charge < -0.3 is 10.5 Å². The lowest BCUT2D eigenvalue weighted by Crippen LogP contribution is -2.31. The van der Waals surface area contributed by atoms with Crippen LogP contribution in [0, 0.1) is 0 Å². The smallest absolute Gasteiger partial charge is 0.123 e. The zero-order valence-electron chi connectivity index (χ0n) is 13.5. The number of rotatable bonds is 9. The number of nitrogens with two attached hydrogens (primary N) is 1. The van der Waals surface area contributed by atoms with Crippen LogP contribution in [0.25, 0.3) is 0 Å². The normalized spacial score (nSPS) is 11.3. The van der Waals surface area contributed by atoms with Gasteiger partial charge in [0.05, 0.1) is 6.61 Å². The van der Waals surface area contributed by atoms with Gasteiger partial charge in [-0.3, -0.25) is 4.90 Å². The standard InChI is InChI=1S/C17H30N2O/c1-5-7-8-11-19(14(3)4)13-15-12-16(18)9-10-17(15)20-6-2/h9-10,12,14H,5-8,11,13,18H2,1-4H3. The number of anilines is 1. The van der Waals surface area contributed by atoms with Crippen molar-refractivity contribution in [1.82, 2.24) is 4.90 Å². The van der Waals surface area contributed by atoms with Gasteiger partial charge in [0.2, 0.25) is 0 Å². The number of hydrogen-bond acceptors (Lipinski definition) is 3. The molecule has 0 unspecified atom stereocenters. The van der Waals surface area contributed by atoms with E-state index in [2.05, 4.69) is 25.7 Å². The van der Waals surface area contributed by atoms with Crippen molar-refractivity contribution in [1.29, 1.82) is 0 Å². The molecule has 0 spiro atoms. The van der Waals surface area contributed by atoms with Gasteiger partial charge in [-0.2, -0.15) is 0 Å². The number of nitrogen functional groups attached to an aromatic ring is 1. The molecule has 20 heavy (non-hydrogen) atoms. The van der Waals surface area contributed by atoms with Crippen molar-refractivity contribution in [3.63, 3.8) is 0 Å². The van der Waals surface area contributed by atoms with Crippen LogP contribution < -0.4 is 10.5 Å². The summed E-state index contributed by atoms with van der Waals surface area (Å²) in [6.45, 7) is 11.5. The zero-order valence-corrected chi connectivity index (χ0v) is 13.5. The predicted molar refractivity (Wildman–Crippen MR) is 87.1 cm³/mol. The summed E-state index contributed by atoms with van der Waals surface area (Å²) in [5.74, 6) is 0.961. The average molecular weight is 278 g/mol. The maximum absolute atomic E-state index is 5.92. The third-order valence-electron chi connectivity index (χ3n) is 3.54. The van der Waals surface area contributed by atoms with Crippen LogP contribution in [0.2, 0.25) is 0 Å². The van der Waals surface area contributed by atoms with E-state index in [9.17, 15) is 0 Å². The van der Waals surface area contributed by atoms with Crippen molar-refractivity contribution < 1.29 is 4.74 Å². The number of benzene rings is 1. The van der Waals surface area contributed by atoms with Crippen LogP contribution in [0.5, 0.6) is 5.75 Å². The third-order valence-corrected chi connectivity index (χ3v) is 3.54. The molecule has 0 aliphatic rings. The highest BCUT2D eigenvalue weighted by molar-refractivity contribution is 5.47. The lowest BCUT2D eigenvalue weighted by atomic mass is 10.1. The van der Waals surface area contributed by atoms with E-state index in [-0.39, 0.29) is 0 Å². The van der Waals surface area contributed by atoms with Crippen LogP contribution in [-0.4, -0.2) is 24.1 Å². The second-order valence-corrected chi connectivity index (χ2v) is 5.57. The molecule has 0 atom stereocenters. The van der Waals surface area contributed by atoms with Gasteiger partial charge in [0, 0.05) is 23.8 Å². The van der Waals surface area contributed by atoms with Crippen molar-refractivity contribution in [3.05, 3.63) is 23.8 Å². The van der Waals surface area contributed by atoms with Gasteiger partial charge in [0.15, 0.2) is 0 Å². The van der Waals surface area contributed by atoms with Crippen molar-refractivity contribution in [2.75, 3.05) is 18.9 Å². The Balaban J connectivity index is 2.78. The summed E-state index contributed by atoms with van der Waals surface area (Å²) >= 11 is 0. The molecular formula is C17H30N2O. The highest BCUT2D eigenvalue weighted by Crippen LogP contribution is 2.24. The SMILES string of the molecule is CCCCCN(Cc1cc(N)ccc1OCC)C(C)C. The molecular weight excluding hydrogens is 248 g/mol. The molecule has 1 aromatic carbocycles. The number of hydrogen-bond donors (Lipinski definition) is 1. The molecule has 3 heteroatoms. The molecule has 0 heterocycles. The fourth-order valence-electron chi connectivity index (χ4n) is 2.32. The minimum Gasteiger partial charge on any atom is -0.494 e. The first-order chi connectivity index (χ1) is 9.58. The average Bonchev–Trinajstić information content (AvgIpc) is 2.40. The van der Waals surface area contributed by atoms with E-state index in [0.29, 0.717) is 12.6 Å². The van der Waals surface area contributed by atoms with Crippen molar-refractivity contribution in [2.45, 2.75) is 59.5 Å². The first-order valence-electron chi connectivity index (χ1n) is 7.83. The molecule has 1 rings (SSSR count). The Hall–Kier alpha value is -1.22. The maximum atomic E-state index is 5.92. The van der Waals surface area contributed by atoms with Crippen LogP contribution in [0.1, 0.15) is 52.5 Å². The zero-order chi connectivity index (χ0) is 15.0. The quantitative estimate of drug-likeness (QED) is 0.546. The van der Waals surface area contributed by atoms with Crippen molar-refractivity contribution in [2.24, 2.45) is 0 Å². The molecule has 1 aromatic rings. The summed E-state index contributed by atoms with van der Waals surface area (Å²) in [7, 11) is 0. The number of ether oxygens (including phenoxy) is 1. The Morgan fingerprint density at radius 2 is 1.95 bits per heavy atom. The van der Waals surface area contributed by atoms with Gasteiger partial charge in [-0.15, -0.1) is 0 Å². The molecule has 0 saturated carbocycles. The topological polar surface area (TPSA) is 38.5 Å². The Morgan fingerprint density at radius 3 is 2.55 bits per heavy atom. The first-order valence-corrected chi connectivity index (χ1v) is 7.83. The molecule has 0 bridgehead atoms. The molecule has 2 N–H and O–H groups in total. The minimum absolute atomic E-state index is 0.530. The van der Waals surface area contributed by atoms with Crippen LogP contribution in [0.4, 0.5) is 5.69 Å².